The molecule has 118 valence electrons. The molecule has 1 atom stereocenters. The summed E-state index contributed by atoms with van der Waals surface area (Å²) >= 11 is 5.81. The van der Waals surface area contributed by atoms with Gasteiger partial charge in [0.1, 0.15) is 11.9 Å². The highest BCUT2D eigenvalue weighted by Gasteiger charge is 2.32. The van der Waals surface area contributed by atoms with E-state index in [1.54, 1.807) is 18.3 Å². The SMILES string of the molecule is Cc1cnc([C@H]2CN(S(=O)(=O)c3ccc(Cl)cc3)CCO2)[nH]1. The Kier molecular flexibility index (Phi) is 4.22. The maximum Gasteiger partial charge on any atom is 0.243 e. The Morgan fingerprint density at radius 2 is 2.09 bits per heavy atom. The first-order chi connectivity index (χ1) is 10.5. The molecule has 6 nitrogen and oxygen atoms in total. The van der Waals surface area contributed by atoms with Gasteiger partial charge in [-0.25, -0.2) is 13.4 Å². The summed E-state index contributed by atoms with van der Waals surface area (Å²) in [5.41, 5.74) is 0.913. The molecule has 2 heterocycles. The van der Waals surface area contributed by atoms with Crippen molar-refractivity contribution in [1.82, 2.24) is 14.3 Å². The smallest absolute Gasteiger partial charge is 0.243 e. The van der Waals surface area contributed by atoms with Crippen LogP contribution in [0.25, 0.3) is 0 Å². The van der Waals surface area contributed by atoms with Crippen LogP contribution in [0.3, 0.4) is 0 Å². The molecule has 0 aliphatic carbocycles. The second kappa shape index (κ2) is 6.00. The predicted octanol–water partition coefficient (Wildman–Crippen LogP) is 2.13. The lowest BCUT2D eigenvalue weighted by Gasteiger charge is -2.31. The van der Waals surface area contributed by atoms with Gasteiger partial charge >= 0.3 is 0 Å². The highest BCUT2D eigenvalue weighted by atomic mass is 35.5. The van der Waals surface area contributed by atoms with Gasteiger partial charge in [-0.05, 0) is 31.2 Å². The van der Waals surface area contributed by atoms with Crippen molar-refractivity contribution in [3.05, 3.63) is 47.0 Å². The highest BCUT2D eigenvalue weighted by molar-refractivity contribution is 7.89. The molecular weight excluding hydrogens is 326 g/mol. The molecule has 3 rings (SSSR count). The van der Waals surface area contributed by atoms with Crippen molar-refractivity contribution in [3.63, 3.8) is 0 Å². The number of aromatic nitrogens is 2. The third-order valence-corrected chi connectivity index (χ3v) is 5.64. The number of nitrogens with one attached hydrogen (secondary N) is 1. The van der Waals surface area contributed by atoms with Crippen LogP contribution in [0.15, 0.2) is 35.4 Å². The molecule has 22 heavy (non-hydrogen) atoms. The fourth-order valence-corrected chi connectivity index (χ4v) is 3.91. The van der Waals surface area contributed by atoms with Crippen LogP contribution < -0.4 is 0 Å². The van der Waals surface area contributed by atoms with Crippen LogP contribution >= 0.6 is 11.6 Å². The van der Waals surface area contributed by atoms with E-state index in [0.717, 1.165) is 5.69 Å². The number of sulfonamides is 1. The van der Waals surface area contributed by atoms with Gasteiger partial charge in [-0.1, -0.05) is 11.6 Å². The number of nitrogens with zero attached hydrogens (tertiary/aromatic N) is 2. The first kappa shape index (κ1) is 15.5. The van der Waals surface area contributed by atoms with E-state index in [9.17, 15) is 8.42 Å². The fourth-order valence-electron chi connectivity index (χ4n) is 2.36. The van der Waals surface area contributed by atoms with Gasteiger partial charge in [0.05, 0.1) is 11.5 Å². The van der Waals surface area contributed by atoms with Gasteiger partial charge < -0.3 is 9.72 Å². The summed E-state index contributed by atoms with van der Waals surface area (Å²) in [5, 5.41) is 0.505. The maximum atomic E-state index is 12.7. The van der Waals surface area contributed by atoms with E-state index in [0.29, 0.717) is 24.0 Å². The summed E-state index contributed by atoms with van der Waals surface area (Å²) in [5.74, 6) is 0.647. The molecule has 0 saturated carbocycles. The minimum Gasteiger partial charge on any atom is -0.368 e. The van der Waals surface area contributed by atoms with E-state index >= 15 is 0 Å². The molecule has 8 heteroatoms. The molecule has 2 aromatic rings. The van der Waals surface area contributed by atoms with Crippen molar-refractivity contribution in [3.8, 4) is 0 Å². The Balaban J connectivity index is 1.83. The Morgan fingerprint density at radius 1 is 1.36 bits per heavy atom. The molecule has 0 unspecified atom stereocenters. The number of hydrogen-bond donors (Lipinski definition) is 1. The summed E-state index contributed by atoms with van der Waals surface area (Å²) in [4.78, 5) is 7.54. The average Bonchev–Trinajstić information content (AvgIpc) is 2.94. The third kappa shape index (κ3) is 3.03. The number of halogens is 1. The monoisotopic (exact) mass is 341 g/mol. The van der Waals surface area contributed by atoms with E-state index in [1.165, 1.54) is 16.4 Å². The lowest BCUT2D eigenvalue weighted by atomic mass is 10.3. The summed E-state index contributed by atoms with van der Waals surface area (Å²) in [6, 6.07) is 6.17. The van der Waals surface area contributed by atoms with Crippen molar-refractivity contribution in [2.24, 2.45) is 0 Å². The Morgan fingerprint density at radius 3 is 2.73 bits per heavy atom. The van der Waals surface area contributed by atoms with E-state index < -0.39 is 10.0 Å². The summed E-state index contributed by atoms with van der Waals surface area (Å²) in [7, 11) is -3.56. The number of hydrogen-bond acceptors (Lipinski definition) is 4. The minimum atomic E-state index is -3.56. The van der Waals surface area contributed by atoms with Crippen molar-refractivity contribution in [2.75, 3.05) is 19.7 Å². The van der Waals surface area contributed by atoms with Gasteiger partial charge in [0, 0.05) is 30.0 Å². The van der Waals surface area contributed by atoms with Crippen LogP contribution in [0.1, 0.15) is 17.6 Å². The van der Waals surface area contributed by atoms with Gasteiger partial charge in [0.2, 0.25) is 10.0 Å². The molecule has 1 aromatic carbocycles. The lowest BCUT2D eigenvalue weighted by molar-refractivity contribution is -0.00710. The van der Waals surface area contributed by atoms with Gasteiger partial charge in [-0.3, -0.25) is 0 Å². The quantitative estimate of drug-likeness (QED) is 0.928. The number of morpholine rings is 1. The summed E-state index contributed by atoms with van der Waals surface area (Å²) in [6.07, 6.45) is 1.32. The maximum absolute atomic E-state index is 12.7. The molecule has 1 saturated heterocycles. The molecule has 0 radical (unpaired) electrons. The number of ether oxygens (including phenoxy) is 1. The van der Waals surface area contributed by atoms with Gasteiger partial charge in [0.25, 0.3) is 0 Å². The predicted molar refractivity (Wildman–Crippen MR) is 82.2 cm³/mol. The first-order valence-electron chi connectivity index (χ1n) is 6.85. The van der Waals surface area contributed by atoms with Crippen molar-refractivity contribution in [2.45, 2.75) is 17.9 Å². The first-order valence-corrected chi connectivity index (χ1v) is 8.67. The van der Waals surface area contributed by atoms with Crippen LogP contribution in [-0.4, -0.2) is 42.4 Å². The van der Waals surface area contributed by atoms with Crippen molar-refractivity contribution >= 4 is 21.6 Å². The van der Waals surface area contributed by atoms with E-state index in [4.69, 9.17) is 16.3 Å². The number of rotatable bonds is 3. The fraction of sp³-hybridized carbons (Fsp3) is 0.357. The molecule has 1 aliphatic rings. The van der Waals surface area contributed by atoms with Crippen LogP contribution in [0.4, 0.5) is 0 Å². The molecule has 1 N–H and O–H groups in total. The topological polar surface area (TPSA) is 75.3 Å². The summed E-state index contributed by atoms with van der Waals surface area (Å²) < 4.78 is 32.4. The van der Waals surface area contributed by atoms with Gasteiger partial charge in [-0.15, -0.1) is 0 Å². The van der Waals surface area contributed by atoms with Crippen LogP contribution in [0.2, 0.25) is 5.02 Å². The van der Waals surface area contributed by atoms with E-state index in [-0.39, 0.29) is 17.5 Å². The van der Waals surface area contributed by atoms with Crippen LogP contribution in [0, 0.1) is 6.92 Å². The summed E-state index contributed by atoms with van der Waals surface area (Å²) in [6.45, 7) is 2.78. The molecule has 0 bridgehead atoms. The zero-order valence-corrected chi connectivity index (χ0v) is 13.6. The number of aryl methyl sites for hydroxylation is 1. The highest BCUT2D eigenvalue weighted by Crippen LogP contribution is 2.25. The Bertz CT molecular complexity index is 758. The zero-order chi connectivity index (χ0) is 15.7. The molecule has 1 aliphatic heterocycles. The third-order valence-electron chi connectivity index (χ3n) is 3.51. The molecule has 1 aromatic heterocycles. The number of H-pyrrole nitrogens is 1. The van der Waals surface area contributed by atoms with Gasteiger partial charge in [0.15, 0.2) is 0 Å². The van der Waals surface area contributed by atoms with Crippen molar-refractivity contribution < 1.29 is 13.2 Å². The van der Waals surface area contributed by atoms with Crippen molar-refractivity contribution in [1.29, 1.82) is 0 Å². The molecule has 0 spiro atoms. The Hall–Kier alpha value is -1.41. The molecular formula is C14H16ClN3O3S. The van der Waals surface area contributed by atoms with Crippen LogP contribution in [-0.2, 0) is 14.8 Å². The van der Waals surface area contributed by atoms with E-state index in [2.05, 4.69) is 9.97 Å². The second-order valence-corrected chi connectivity index (χ2v) is 7.50. The molecule has 0 amide bonds. The van der Waals surface area contributed by atoms with Crippen LogP contribution in [0.5, 0.6) is 0 Å². The normalized spacial score (nSPS) is 20.2. The minimum absolute atomic E-state index is 0.230. The Labute approximate surface area is 134 Å². The van der Waals surface area contributed by atoms with Gasteiger partial charge in [-0.2, -0.15) is 4.31 Å². The lowest BCUT2D eigenvalue weighted by Crippen LogP contribution is -2.42. The average molecular weight is 342 g/mol. The second-order valence-electron chi connectivity index (χ2n) is 5.13. The van der Waals surface area contributed by atoms with E-state index in [1.807, 2.05) is 6.92 Å². The molecule has 1 fully saturated rings. The number of imidazole rings is 1. The standard InChI is InChI=1S/C14H16ClN3O3S/c1-10-8-16-14(17-10)13-9-18(6-7-21-13)22(19,20)12-4-2-11(15)3-5-12/h2-5,8,13H,6-7,9H2,1H3,(H,16,17)/t13-/m1/s1. The number of benzene rings is 1. The number of aromatic amines is 1. The zero-order valence-electron chi connectivity index (χ0n) is 12.0. The largest absolute Gasteiger partial charge is 0.368 e.